The smallest absolute Gasteiger partial charge is 0.227 e. The van der Waals surface area contributed by atoms with Gasteiger partial charge in [-0.05, 0) is 43.9 Å². The maximum atomic E-state index is 12.5. The first kappa shape index (κ1) is 18.3. The van der Waals surface area contributed by atoms with Crippen LogP contribution in [0.4, 0.5) is 0 Å². The van der Waals surface area contributed by atoms with Crippen LogP contribution in [-0.2, 0) is 4.79 Å². The van der Waals surface area contributed by atoms with E-state index in [1.807, 2.05) is 20.8 Å². The average Bonchev–Trinajstić information content (AvgIpc) is 2.46. The van der Waals surface area contributed by atoms with E-state index in [-0.39, 0.29) is 5.41 Å². The lowest BCUT2D eigenvalue weighted by Gasteiger charge is -2.33. The van der Waals surface area contributed by atoms with Crippen LogP contribution in [0.2, 0.25) is 0 Å². The molecule has 0 bridgehead atoms. The molecule has 0 saturated carbocycles. The molecule has 2 unspecified atom stereocenters. The van der Waals surface area contributed by atoms with Gasteiger partial charge in [-0.15, -0.1) is 0 Å². The van der Waals surface area contributed by atoms with Gasteiger partial charge in [-0.25, -0.2) is 0 Å². The molecule has 0 saturated heterocycles. The van der Waals surface area contributed by atoms with Gasteiger partial charge >= 0.3 is 0 Å². The molecule has 0 aliphatic heterocycles. The number of carbonyl (C=O) groups is 1. The molecule has 0 fully saturated rings. The minimum atomic E-state index is -0.259. The van der Waals surface area contributed by atoms with E-state index in [0.717, 1.165) is 37.8 Å². The van der Waals surface area contributed by atoms with Crippen molar-refractivity contribution in [1.29, 1.82) is 0 Å². The summed E-state index contributed by atoms with van der Waals surface area (Å²) in [7, 11) is 0. The fourth-order valence-corrected chi connectivity index (χ4v) is 3.40. The lowest BCUT2D eigenvalue weighted by Crippen LogP contribution is -2.41. The zero-order valence-corrected chi connectivity index (χ0v) is 14.8. The molecule has 2 nitrogen and oxygen atoms in total. The Morgan fingerprint density at radius 3 is 2.43 bits per heavy atom. The summed E-state index contributed by atoms with van der Waals surface area (Å²) in [4.78, 5) is 14.6. The van der Waals surface area contributed by atoms with Crippen molar-refractivity contribution < 1.29 is 4.79 Å². The minimum Gasteiger partial charge on any atom is -0.342 e. The zero-order valence-electron chi connectivity index (χ0n) is 14.8. The summed E-state index contributed by atoms with van der Waals surface area (Å²) < 4.78 is 0. The molecule has 0 heterocycles. The van der Waals surface area contributed by atoms with Crippen LogP contribution >= 0.6 is 0 Å². The van der Waals surface area contributed by atoms with Crippen molar-refractivity contribution in [2.45, 2.75) is 73.1 Å². The van der Waals surface area contributed by atoms with Crippen molar-refractivity contribution in [2.24, 2.45) is 17.3 Å². The second-order valence-corrected chi connectivity index (χ2v) is 7.54. The highest BCUT2D eigenvalue weighted by Crippen LogP contribution is 2.31. The Morgan fingerprint density at radius 1 is 1.24 bits per heavy atom. The molecule has 0 aromatic carbocycles. The molecule has 0 aromatic rings. The standard InChI is InChI=1S/C19H35NO/c1-6-14-20(18(21)19(3,4)5)15-13-16(7-2)17-11-9-8-10-12-17/h8-9,16-17H,6-7,10-15H2,1-5H3. The molecular weight excluding hydrogens is 258 g/mol. The maximum Gasteiger partial charge on any atom is 0.227 e. The van der Waals surface area contributed by atoms with E-state index in [1.54, 1.807) is 0 Å². The zero-order chi connectivity index (χ0) is 15.9. The van der Waals surface area contributed by atoms with E-state index >= 15 is 0 Å². The first-order valence-electron chi connectivity index (χ1n) is 8.84. The molecule has 21 heavy (non-hydrogen) atoms. The summed E-state index contributed by atoms with van der Waals surface area (Å²) in [5, 5.41) is 0. The van der Waals surface area contributed by atoms with Crippen LogP contribution in [-0.4, -0.2) is 23.9 Å². The molecule has 0 N–H and O–H groups in total. The lowest BCUT2D eigenvalue weighted by atomic mass is 9.79. The number of carbonyl (C=O) groups excluding carboxylic acids is 1. The first-order valence-corrected chi connectivity index (χ1v) is 8.84. The van der Waals surface area contributed by atoms with Gasteiger partial charge in [-0.3, -0.25) is 4.79 Å². The fraction of sp³-hybridized carbons (Fsp3) is 0.842. The predicted octanol–water partition coefficient (Wildman–Crippen LogP) is 5.04. The van der Waals surface area contributed by atoms with E-state index in [2.05, 4.69) is 30.9 Å². The summed E-state index contributed by atoms with van der Waals surface area (Å²) in [6, 6.07) is 0. The molecule has 1 aliphatic rings. The van der Waals surface area contributed by atoms with Gasteiger partial charge in [0.25, 0.3) is 0 Å². The lowest BCUT2D eigenvalue weighted by molar-refractivity contribution is -0.139. The molecule has 1 aliphatic carbocycles. The molecular formula is C19H35NO. The van der Waals surface area contributed by atoms with Gasteiger partial charge in [0.2, 0.25) is 5.91 Å². The number of rotatable bonds is 7. The summed E-state index contributed by atoms with van der Waals surface area (Å²) in [5.41, 5.74) is -0.259. The summed E-state index contributed by atoms with van der Waals surface area (Å²) >= 11 is 0. The summed E-state index contributed by atoms with van der Waals surface area (Å²) in [6.45, 7) is 12.4. The highest BCUT2D eigenvalue weighted by molar-refractivity contribution is 5.81. The van der Waals surface area contributed by atoms with Crippen LogP contribution in [0.15, 0.2) is 12.2 Å². The van der Waals surface area contributed by atoms with E-state index in [4.69, 9.17) is 0 Å². The normalized spacial score (nSPS) is 20.3. The Bertz CT molecular complexity index is 340. The van der Waals surface area contributed by atoms with Gasteiger partial charge in [0.05, 0.1) is 0 Å². The van der Waals surface area contributed by atoms with Crippen LogP contribution < -0.4 is 0 Å². The van der Waals surface area contributed by atoms with E-state index in [0.29, 0.717) is 5.91 Å². The molecule has 2 atom stereocenters. The predicted molar refractivity (Wildman–Crippen MR) is 91.2 cm³/mol. The number of allylic oxidation sites excluding steroid dienone is 2. The Balaban J connectivity index is 2.58. The van der Waals surface area contributed by atoms with Crippen molar-refractivity contribution >= 4 is 5.91 Å². The molecule has 0 radical (unpaired) electrons. The summed E-state index contributed by atoms with van der Waals surface area (Å²) in [5.74, 6) is 1.90. The highest BCUT2D eigenvalue weighted by atomic mass is 16.2. The molecule has 1 amide bonds. The topological polar surface area (TPSA) is 20.3 Å². The monoisotopic (exact) mass is 293 g/mol. The minimum absolute atomic E-state index is 0.259. The van der Waals surface area contributed by atoms with Gasteiger partial charge in [-0.2, -0.15) is 0 Å². The van der Waals surface area contributed by atoms with E-state index in [9.17, 15) is 4.79 Å². The third-order valence-corrected chi connectivity index (χ3v) is 4.69. The van der Waals surface area contributed by atoms with E-state index in [1.165, 1.54) is 25.7 Å². The SMILES string of the molecule is CCCN(CCC(CC)C1CC=CCC1)C(=O)C(C)(C)C. The fourth-order valence-electron chi connectivity index (χ4n) is 3.40. The van der Waals surface area contributed by atoms with Crippen LogP contribution in [0.5, 0.6) is 0 Å². The van der Waals surface area contributed by atoms with Crippen molar-refractivity contribution in [2.75, 3.05) is 13.1 Å². The molecule has 1 rings (SSSR count). The Morgan fingerprint density at radius 2 is 1.95 bits per heavy atom. The average molecular weight is 293 g/mol. The number of hydrogen-bond acceptors (Lipinski definition) is 1. The maximum absolute atomic E-state index is 12.5. The van der Waals surface area contributed by atoms with Crippen molar-refractivity contribution in [3.8, 4) is 0 Å². The highest BCUT2D eigenvalue weighted by Gasteiger charge is 2.28. The van der Waals surface area contributed by atoms with Gasteiger partial charge in [0.15, 0.2) is 0 Å². The molecule has 0 spiro atoms. The molecule has 2 heteroatoms. The third kappa shape index (κ3) is 5.84. The Hall–Kier alpha value is -0.790. The number of hydrogen-bond donors (Lipinski definition) is 0. The second kappa shape index (κ2) is 8.60. The Kier molecular flexibility index (Phi) is 7.48. The van der Waals surface area contributed by atoms with Crippen molar-refractivity contribution in [3.63, 3.8) is 0 Å². The van der Waals surface area contributed by atoms with Crippen LogP contribution in [0.25, 0.3) is 0 Å². The van der Waals surface area contributed by atoms with Crippen LogP contribution in [0.1, 0.15) is 73.1 Å². The number of amides is 1. The molecule has 0 aromatic heterocycles. The Labute approximate surface area is 132 Å². The van der Waals surface area contributed by atoms with Gasteiger partial charge in [-0.1, -0.05) is 53.2 Å². The first-order chi connectivity index (χ1) is 9.90. The van der Waals surface area contributed by atoms with Crippen molar-refractivity contribution in [1.82, 2.24) is 4.90 Å². The van der Waals surface area contributed by atoms with Crippen LogP contribution in [0.3, 0.4) is 0 Å². The van der Waals surface area contributed by atoms with E-state index < -0.39 is 0 Å². The third-order valence-electron chi connectivity index (χ3n) is 4.69. The van der Waals surface area contributed by atoms with Crippen molar-refractivity contribution in [3.05, 3.63) is 12.2 Å². The van der Waals surface area contributed by atoms with Gasteiger partial charge in [0, 0.05) is 18.5 Å². The number of nitrogens with zero attached hydrogens (tertiary/aromatic N) is 1. The van der Waals surface area contributed by atoms with Gasteiger partial charge < -0.3 is 4.90 Å². The largest absolute Gasteiger partial charge is 0.342 e. The molecule has 122 valence electrons. The van der Waals surface area contributed by atoms with Crippen LogP contribution in [0, 0.1) is 17.3 Å². The quantitative estimate of drug-likeness (QED) is 0.602. The second-order valence-electron chi connectivity index (χ2n) is 7.54. The van der Waals surface area contributed by atoms with Gasteiger partial charge in [0.1, 0.15) is 0 Å². The summed E-state index contributed by atoms with van der Waals surface area (Å²) in [6.07, 6.45) is 11.9.